The molecule has 4 heteroatoms. The second-order valence-electron chi connectivity index (χ2n) is 4.11. The lowest BCUT2D eigenvalue weighted by molar-refractivity contribution is 0.207. The predicted octanol–water partition coefficient (Wildman–Crippen LogP) is 3.38. The number of hydrogen-bond acceptors (Lipinski definition) is 3. The van der Waals surface area contributed by atoms with Crippen molar-refractivity contribution < 1.29 is 5.11 Å². The molecule has 2 atom stereocenters. The Labute approximate surface area is 117 Å². The van der Waals surface area contributed by atoms with Crippen molar-refractivity contribution in [2.45, 2.75) is 12.1 Å². The van der Waals surface area contributed by atoms with Gasteiger partial charge in [0.1, 0.15) is 0 Å². The number of halogens is 1. The van der Waals surface area contributed by atoms with Crippen LogP contribution in [-0.4, -0.2) is 11.2 Å². The summed E-state index contributed by atoms with van der Waals surface area (Å²) in [5.41, 5.74) is 1.65. The molecule has 2 aromatic carbocycles. The Morgan fingerprint density at radius 1 is 1.05 bits per heavy atom. The molecule has 0 aliphatic rings. The van der Waals surface area contributed by atoms with Gasteiger partial charge in [-0.3, -0.25) is 0 Å². The highest BCUT2D eigenvalue weighted by Crippen LogP contribution is 2.24. The van der Waals surface area contributed by atoms with Gasteiger partial charge in [-0.2, -0.15) is 5.26 Å². The molecule has 0 unspecified atom stereocenters. The van der Waals surface area contributed by atoms with Crippen molar-refractivity contribution in [3.63, 3.8) is 0 Å². The molecule has 0 aliphatic carbocycles. The lowest BCUT2D eigenvalue weighted by Crippen LogP contribution is -2.24. The van der Waals surface area contributed by atoms with Gasteiger partial charge in [0.05, 0.1) is 12.1 Å². The molecule has 0 aromatic heterocycles. The molecule has 19 heavy (non-hydrogen) atoms. The summed E-state index contributed by atoms with van der Waals surface area (Å²) in [5.74, 6) is 0. The van der Waals surface area contributed by atoms with Crippen molar-refractivity contribution in [3.05, 3.63) is 65.2 Å². The Morgan fingerprint density at radius 2 is 1.68 bits per heavy atom. The summed E-state index contributed by atoms with van der Waals surface area (Å²) in [7, 11) is 0. The summed E-state index contributed by atoms with van der Waals surface area (Å²) in [5, 5.41) is 22.5. The van der Waals surface area contributed by atoms with Crippen LogP contribution in [0.2, 0.25) is 5.02 Å². The molecule has 2 N–H and O–H groups in total. The first-order valence-electron chi connectivity index (χ1n) is 5.85. The van der Waals surface area contributed by atoms with Crippen LogP contribution in [-0.2, 0) is 0 Å². The topological polar surface area (TPSA) is 56.0 Å². The molecule has 3 nitrogen and oxygen atoms in total. The first-order valence-corrected chi connectivity index (χ1v) is 6.23. The summed E-state index contributed by atoms with van der Waals surface area (Å²) in [4.78, 5) is 0. The van der Waals surface area contributed by atoms with Gasteiger partial charge >= 0.3 is 0 Å². The van der Waals surface area contributed by atoms with E-state index in [0.717, 1.165) is 11.3 Å². The Balaban J connectivity index is 2.27. The third-order valence-corrected chi connectivity index (χ3v) is 3.03. The van der Waals surface area contributed by atoms with E-state index in [1.54, 1.807) is 24.3 Å². The third kappa shape index (κ3) is 3.47. The van der Waals surface area contributed by atoms with Crippen molar-refractivity contribution in [3.8, 4) is 6.07 Å². The van der Waals surface area contributed by atoms with Crippen LogP contribution in [0.4, 0.5) is 5.69 Å². The van der Waals surface area contributed by atoms with Crippen molar-refractivity contribution in [2.24, 2.45) is 0 Å². The van der Waals surface area contributed by atoms with Gasteiger partial charge < -0.3 is 10.4 Å². The molecule has 0 amide bonds. The Kier molecular flexibility index (Phi) is 4.40. The summed E-state index contributed by atoms with van der Waals surface area (Å²) in [6, 6.07) is 17.9. The fraction of sp³-hybridized carbons (Fsp3) is 0.133. The van der Waals surface area contributed by atoms with E-state index in [4.69, 9.17) is 16.9 Å². The van der Waals surface area contributed by atoms with Crippen molar-refractivity contribution in [1.29, 1.82) is 5.26 Å². The SMILES string of the molecule is N#C[C@@H](O)[C@@H](Nc1ccccc1)c1ccc(Cl)cc1. The fourth-order valence-corrected chi connectivity index (χ4v) is 1.93. The number of aliphatic hydroxyl groups is 1. The number of aliphatic hydroxyl groups excluding tert-OH is 1. The van der Waals surface area contributed by atoms with Gasteiger partial charge in [0, 0.05) is 10.7 Å². The van der Waals surface area contributed by atoms with E-state index >= 15 is 0 Å². The molecule has 0 heterocycles. The minimum absolute atomic E-state index is 0.496. The summed E-state index contributed by atoms with van der Waals surface area (Å²) >= 11 is 5.84. The zero-order valence-corrected chi connectivity index (χ0v) is 10.9. The molecule has 96 valence electrons. The van der Waals surface area contributed by atoms with Gasteiger partial charge in [-0.15, -0.1) is 0 Å². The first kappa shape index (κ1) is 13.4. The average Bonchev–Trinajstić information content (AvgIpc) is 2.46. The number of hydrogen-bond donors (Lipinski definition) is 2. The van der Waals surface area contributed by atoms with Gasteiger partial charge in [0.15, 0.2) is 6.10 Å². The number of rotatable bonds is 4. The molecule has 0 fully saturated rings. The molecule has 0 bridgehead atoms. The van der Waals surface area contributed by atoms with E-state index in [1.807, 2.05) is 36.4 Å². The number of para-hydroxylation sites is 1. The second kappa shape index (κ2) is 6.24. The molecule has 0 spiro atoms. The molecule has 2 aromatic rings. The molecular weight excluding hydrogens is 260 g/mol. The van der Waals surface area contributed by atoms with Crippen LogP contribution in [0.1, 0.15) is 11.6 Å². The van der Waals surface area contributed by atoms with Crippen molar-refractivity contribution in [2.75, 3.05) is 5.32 Å². The third-order valence-electron chi connectivity index (χ3n) is 2.77. The normalized spacial score (nSPS) is 13.3. The molecule has 0 saturated heterocycles. The van der Waals surface area contributed by atoms with Crippen LogP contribution < -0.4 is 5.32 Å². The maximum Gasteiger partial charge on any atom is 0.164 e. The van der Waals surface area contributed by atoms with E-state index < -0.39 is 12.1 Å². The lowest BCUT2D eigenvalue weighted by Gasteiger charge is -2.21. The van der Waals surface area contributed by atoms with Gasteiger partial charge in [0.25, 0.3) is 0 Å². The van der Waals surface area contributed by atoms with Crippen molar-refractivity contribution in [1.82, 2.24) is 0 Å². The summed E-state index contributed by atoms with van der Waals surface area (Å²) in [6.45, 7) is 0. The summed E-state index contributed by atoms with van der Waals surface area (Å²) < 4.78 is 0. The van der Waals surface area contributed by atoms with E-state index in [9.17, 15) is 5.11 Å². The Hall–Kier alpha value is -2.02. The highest BCUT2D eigenvalue weighted by atomic mass is 35.5. The van der Waals surface area contributed by atoms with E-state index in [1.165, 1.54) is 0 Å². The monoisotopic (exact) mass is 272 g/mol. The number of nitrogens with zero attached hydrogens (tertiary/aromatic N) is 1. The van der Waals surface area contributed by atoms with Crippen LogP contribution in [0.3, 0.4) is 0 Å². The van der Waals surface area contributed by atoms with Crippen molar-refractivity contribution >= 4 is 17.3 Å². The zero-order valence-electron chi connectivity index (χ0n) is 10.1. The van der Waals surface area contributed by atoms with E-state index in [-0.39, 0.29) is 0 Å². The lowest BCUT2D eigenvalue weighted by atomic mass is 10.0. The fourth-order valence-electron chi connectivity index (χ4n) is 1.80. The average molecular weight is 273 g/mol. The van der Waals surface area contributed by atoms with Gasteiger partial charge in [-0.1, -0.05) is 41.9 Å². The molecule has 0 radical (unpaired) electrons. The smallest absolute Gasteiger partial charge is 0.164 e. The van der Waals surface area contributed by atoms with Crippen LogP contribution >= 0.6 is 11.6 Å². The maximum absolute atomic E-state index is 9.85. The summed E-state index contributed by atoms with van der Waals surface area (Å²) in [6.07, 6.45) is -1.14. The number of nitrogens with one attached hydrogen (secondary N) is 1. The Bertz CT molecular complexity index is 563. The molecule has 0 saturated carbocycles. The standard InChI is InChI=1S/C15H13ClN2O/c16-12-8-6-11(7-9-12)15(14(19)10-17)18-13-4-2-1-3-5-13/h1-9,14-15,18-19H/t14-,15+/m1/s1. The zero-order chi connectivity index (χ0) is 13.7. The van der Waals surface area contributed by atoms with Gasteiger partial charge in [0.2, 0.25) is 0 Å². The van der Waals surface area contributed by atoms with Gasteiger partial charge in [-0.05, 0) is 29.8 Å². The second-order valence-corrected chi connectivity index (χ2v) is 4.55. The molecular formula is C15H13ClN2O. The maximum atomic E-state index is 9.85. The van der Waals surface area contributed by atoms with Crippen LogP contribution in [0, 0.1) is 11.3 Å². The number of benzene rings is 2. The number of nitriles is 1. The van der Waals surface area contributed by atoms with Gasteiger partial charge in [-0.25, -0.2) is 0 Å². The van der Waals surface area contributed by atoms with E-state index in [0.29, 0.717) is 5.02 Å². The minimum atomic E-state index is -1.14. The predicted molar refractivity (Wildman–Crippen MR) is 75.9 cm³/mol. The Morgan fingerprint density at radius 3 is 2.26 bits per heavy atom. The van der Waals surface area contributed by atoms with Crippen LogP contribution in [0.25, 0.3) is 0 Å². The van der Waals surface area contributed by atoms with Crippen LogP contribution in [0.15, 0.2) is 54.6 Å². The first-order chi connectivity index (χ1) is 9.20. The highest BCUT2D eigenvalue weighted by molar-refractivity contribution is 6.30. The highest BCUT2D eigenvalue weighted by Gasteiger charge is 2.20. The van der Waals surface area contributed by atoms with Crippen LogP contribution in [0.5, 0.6) is 0 Å². The quantitative estimate of drug-likeness (QED) is 0.839. The molecule has 2 rings (SSSR count). The number of anilines is 1. The van der Waals surface area contributed by atoms with E-state index in [2.05, 4.69) is 5.32 Å². The minimum Gasteiger partial charge on any atom is -0.376 e. The largest absolute Gasteiger partial charge is 0.376 e. The molecule has 0 aliphatic heterocycles.